The van der Waals surface area contributed by atoms with Gasteiger partial charge in [-0.1, -0.05) is 52.3 Å². The number of nitro groups is 1. The highest BCUT2D eigenvalue weighted by molar-refractivity contribution is 8.00. The maximum Gasteiger partial charge on any atom is 0.408 e. The van der Waals surface area contributed by atoms with E-state index in [0.717, 1.165) is 10.5 Å². The molecule has 1 aliphatic heterocycles. The van der Waals surface area contributed by atoms with E-state index < -0.39 is 19.5 Å². The Morgan fingerprint density at radius 2 is 1.81 bits per heavy atom. The first kappa shape index (κ1) is 21.4. The third-order valence-electron chi connectivity index (χ3n) is 5.33. The molecule has 0 aromatic heterocycles. The second-order valence-corrected chi connectivity index (χ2v) is 14.9. The topological polar surface area (TPSA) is 64.9 Å². The minimum atomic E-state index is -2.06. The highest BCUT2D eigenvalue weighted by Gasteiger charge is 2.74. The molecule has 0 radical (unpaired) electrons. The summed E-state index contributed by atoms with van der Waals surface area (Å²) in [4.78, 5) is 12.4. The summed E-state index contributed by atoms with van der Waals surface area (Å²) in [5, 5.41) is 10.5. The lowest BCUT2D eigenvalue weighted by Crippen LogP contribution is -2.48. The van der Waals surface area contributed by atoms with Gasteiger partial charge in [-0.15, -0.1) is 0 Å². The van der Waals surface area contributed by atoms with Crippen LogP contribution in [0.15, 0.2) is 29.2 Å². The summed E-state index contributed by atoms with van der Waals surface area (Å²) in [5.41, 5.74) is 1.12. The number of aryl methyl sites for hydroxylation is 1. The van der Waals surface area contributed by atoms with Crippen LogP contribution in [0.25, 0.3) is 0 Å². The van der Waals surface area contributed by atoms with Crippen molar-refractivity contribution in [2.45, 2.75) is 81.8 Å². The molecule has 146 valence electrons. The molecule has 1 aromatic rings. The molecule has 1 fully saturated rings. The van der Waals surface area contributed by atoms with Crippen LogP contribution in [0.3, 0.4) is 0 Å². The van der Waals surface area contributed by atoms with Gasteiger partial charge >= 0.3 is 5.06 Å². The minimum absolute atomic E-state index is 0.0381. The lowest BCUT2D eigenvalue weighted by Gasteiger charge is -2.40. The number of thioether (sulfide) groups is 1. The monoisotopic (exact) mass is 397 g/mol. The largest absolute Gasteiger partial charge is 0.411 e. The van der Waals surface area contributed by atoms with Gasteiger partial charge < -0.3 is 4.43 Å². The summed E-state index contributed by atoms with van der Waals surface area (Å²) in [5.74, 6) is 0.134. The van der Waals surface area contributed by atoms with Crippen molar-refractivity contribution in [3.05, 3.63) is 39.9 Å². The molecule has 1 aliphatic rings. The second kappa shape index (κ2) is 7.26. The van der Waals surface area contributed by atoms with Crippen LogP contribution >= 0.6 is 11.8 Å². The molecule has 0 amide bonds. The maximum atomic E-state index is 11.9. The summed E-state index contributed by atoms with van der Waals surface area (Å²) in [6.07, 6.45) is -0.836. The highest BCUT2D eigenvalue weighted by atomic mass is 32.2. The van der Waals surface area contributed by atoms with E-state index in [0.29, 0.717) is 0 Å². The molecule has 1 saturated heterocycles. The number of ether oxygens (including phenoxy) is 1. The number of epoxide rings is 1. The Morgan fingerprint density at radius 1 is 1.27 bits per heavy atom. The molecule has 5 nitrogen and oxygen atoms in total. The van der Waals surface area contributed by atoms with E-state index in [1.165, 1.54) is 11.8 Å². The Kier molecular flexibility index (Phi) is 5.98. The Morgan fingerprint density at radius 3 is 2.23 bits per heavy atom. The van der Waals surface area contributed by atoms with Crippen LogP contribution < -0.4 is 0 Å². The van der Waals surface area contributed by atoms with Gasteiger partial charge in [0, 0.05) is 4.90 Å². The zero-order valence-electron chi connectivity index (χ0n) is 17.0. The molecule has 0 spiro atoms. The predicted molar refractivity (Wildman–Crippen MR) is 109 cm³/mol. The molecule has 0 unspecified atom stereocenters. The van der Waals surface area contributed by atoms with Crippen LogP contribution in [0.4, 0.5) is 0 Å². The SMILES string of the molecule is Cc1ccc(S[C@@]2([N+](=O)[O-])O[C@H]2[C@@H](O[Si](C)(C)C(C)(C)C)C(C)C)cc1. The number of hydrogen-bond acceptors (Lipinski definition) is 5. The Bertz CT molecular complexity index is 656. The van der Waals surface area contributed by atoms with E-state index in [-0.39, 0.29) is 22.0 Å². The van der Waals surface area contributed by atoms with Gasteiger partial charge in [-0.25, -0.2) is 0 Å². The van der Waals surface area contributed by atoms with Crippen LogP contribution in [-0.2, 0) is 9.16 Å². The smallest absolute Gasteiger partial charge is 0.408 e. The quantitative estimate of drug-likeness (QED) is 0.201. The Hall–Kier alpha value is -0.893. The molecule has 1 aromatic carbocycles. The Labute approximate surface area is 162 Å². The lowest BCUT2D eigenvalue weighted by atomic mass is 10.0. The van der Waals surface area contributed by atoms with Crippen molar-refractivity contribution in [1.82, 2.24) is 0 Å². The third kappa shape index (κ3) is 4.32. The van der Waals surface area contributed by atoms with E-state index in [1.54, 1.807) is 0 Å². The molecule has 0 aliphatic carbocycles. The van der Waals surface area contributed by atoms with E-state index in [1.807, 2.05) is 45.0 Å². The summed E-state index contributed by atoms with van der Waals surface area (Å²) >= 11 is 1.18. The van der Waals surface area contributed by atoms with Crippen molar-refractivity contribution < 1.29 is 14.1 Å². The molecule has 2 rings (SSSR count). The van der Waals surface area contributed by atoms with Crippen molar-refractivity contribution in [2.24, 2.45) is 5.92 Å². The average Bonchev–Trinajstić information content (AvgIpc) is 3.21. The zero-order valence-corrected chi connectivity index (χ0v) is 18.8. The van der Waals surface area contributed by atoms with Crippen LogP contribution in [0, 0.1) is 23.0 Å². The van der Waals surface area contributed by atoms with E-state index in [9.17, 15) is 10.1 Å². The lowest BCUT2D eigenvalue weighted by molar-refractivity contribution is -0.532. The molecule has 7 heteroatoms. The summed E-state index contributed by atoms with van der Waals surface area (Å²) in [6, 6.07) is 7.73. The van der Waals surface area contributed by atoms with Gasteiger partial charge in [-0.3, -0.25) is 14.9 Å². The van der Waals surface area contributed by atoms with Gasteiger partial charge in [0.15, 0.2) is 14.4 Å². The number of nitrogens with zero attached hydrogens (tertiary/aromatic N) is 1. The van der Waals surface area contributed by atoms with Crippen LogP contribution in [0.1, 0.15) is 40.2 Å². The van der Waals surface area contributed by atoms with Crippen molar-refractivity contribution in [3.8, 4) is 0 Å². The van der Waals surface area contributed by atoms with Crippen LogP contribution in [0.5, 0.6) is 0 Å². The first-order valence-corrected chi connectivity index (χ1v) is 12.8. The molecule has 0 bridgehead atoms. The van der Waals surface area contributed by atoms with Crippen molar-refractivity contribution >= 4 is 20.1 Å². The zero-order chi connectivity index (χ0) is 19.9. The normalized spacial score (nSPS) is 24.6. The molecule has 1 heterocycles. The van der Waals surface area contributed by atoms with Crippen molar-refractivity contribution in [2.75, 3.05) is 0 Å². The van der Waals surface area contributed by atoms with Gasteiger partial charge in [0.25, 0.3) is 0 Å². The molecule has 0 saturated carbocycles. The first-order valence-electron chi connectivity index (χ1n) is 9.06. The van der Waals surface area contributed by atoms with Gasteiger partial charge in [-0.05, 0) is 54.9 Å². The molecule has 3 atom stereocenters. The van der Waals surface area contributed by atoms with Crippen molar-refractivity contribution in [1.29, 1.82) is 0 Å². The van der Waals surface area contributed by atoms with Gasteiger partial charge in [0.1, 0.15) is 0 Å². The summed E-state index contributed by atoms with van der Waals surface area (Å²) < 4.78 is 12.3. The minimum Gasteiger partial charge on any atom is -0.411 e. The van der Waals surface area contributed by atoms with E-state index in [2.05, 4.69) is 33.9 Å². The fraction of sp³-hybridized carbons (Fsp3) is 0.684. The predicted octanol–water partition coefficient (Wildman–Crippen LogP) is 5.46. The number of rotatable bonds is 7. The molecular weight excluding hydrogens is 366 g/mol. The summed E-state index contributed by atoms with van der Waals surface area (Å²) in [6.45, 7) is 16.9. The van der Waals surface area contributed by atoms with Crippen molar-refractivity contribution in [3.63, 3.8) is 0 Å². The van der Waals surface area contributed by atoms with Gasteiger partial charge in [0.2, 0.25) is 0 Å². The maximum absolute atomic E-state index is 11.9. The summed E-state index contributed by atoms with van der Waals surface area (Å²) in [7, 11) is -2.06. The third-order valence-corrected chi connectivity index (χ3v) is 11.1. The fourth-order valence-electron chi connectivity index (χ4n) is 2.53. The standard InChI is InChI=1S/C19H31NO4SSi/c1-13(2)16(24-26(7,8)18(4,5)6)17-19(23-17,20(21)22)25-15-11-9-14(3)10-12-15/h9-13,16-17H,1-8H3/t16-,17-,19-/m0/s1. The number of benzene rings is 1. The molecular formula is C19H31NO4SSi. The second-order valence-electron chi connectivity index (χ2n) is 8.93. The fourth-order valence-corrected chi connectivity index (χ4v) is 5.04. The Balaban J connectivity index is 2.24. The van der Waals surface area contributed by atoms with Crippen LogP contribution in [-0.4, -0.2) is 30.5 Å². The molecule has 0 N–H and O–H groups in total. The highest BCUT2D eigenvalue weighted by Crippen LogP contribution is 2.54. The molecule has 26 heavy (non-hydrogen) atoms. The number of hydrogen-bond donors (Lipinski definition) is 0. The van der Waals surface area contributed by atoms with Gasteiger partial charge in [-0.2, -0.15) is 0 Å². The van der Waals surface area contributed by atoms with Crippen LogP contribution in [0.2, 0.25) is 18.1 Å². The first-order chi connectivity index (χ1) is 11.8. The van der Waals surface area contributed by atoms with E-state index >= 15 is 0 Å². The van der Waals surface area contributed by atoms with E-state index in [4.69, 9.17) is 9.16 Å². The van der Waals surface area contributed by atoms with Gasteiger partial charge in [0.05, 0.1) is 11.0 Å². The average molecular weight is 398 g/mol.